The number of fused-ring (bicyclic) bond motifs is 2. The SMILES string of the molecule is C=CC(C)(C)CCC(C)(C)n1c(=O)c2ccc3c4ccccc4oc4c(C#Cc5ccc(N)[se]5)cc(c1=O)c2c43. The number of allylic oxidation sites excluding steroid dienone is 1. The second-order valence-electron chi connectivity index (χ2n) is 11.7. The zero-order valence-electron chi connectivity index (χ0n) is 23.1. The van der Waals surface area contributed by atoms with E-state index in [1.165, 1.54) is 4.57 Å². The predicted octanol–water partition coefficient (Wildman–Crippen LogP) is 6.62. The first-order valence-electron chi connectivity index (χ1n) is 13.3. The third-order valence-corrected chi connectivity index (χ3v) is 9.72. The quantitative estimate of drug-likeness (QED) is 0.0802. The number of nitrogens with two attached hydrogens (primary N) is 1. The molecule has 5 nitrogen and oxygen atoms in total. The molecule has 0 aliphatic rings. The minimum atomic E-state index is -0.706. The normalized spacial score (nSPS) is 12.4. The summed E-state index contributed by atoms with van der Waals surface area (Å²) in [6.07, 6.45) is 3.36. The van der Waals surface area contributed by atoms with Gasteiger partial charge < -0.3 is 0 Å². The van der Waals surface area contributed by atoms with Crippen molar-refractivity contribution in [3.05, 3.63) is 98.0 Å². The molecular formula is C34H30N2O3Se. The second-order valence-corrected chi connectivity index (χ2v) is 14.1. The number of nitrogens with zero attached hydrogens (tertiary/aromatic N) is 1. The van der Waals surface area contributed by atoms with E-state index in [0.717, 1.165) is 37.2 Å². The molecule has 6 aromatic rings. The van der Waals surface area contributed by atoms with Crippen molar-refractivity contribution in [2.24, 2.45) is 5.41 Å². The van der Waals surface area contributed by atoms with Gasteiger partial charge in [0.1, 0.15) is 0 Å². The van der Waals surface area contributed by atoms with Crippen LogP contribution in [-0.2, 0) is 5.54 Å². The first-order valence-corrected chi connectivity index (χ1v) is 15.0. The molecule has 0 fully saturated rings. The molecule has 6 heteroatoms. The molecule has 200 valence electrons. The molecule has 0 aliphatic heterocycles. The third-order valence-electron chi connectivity index (χ3n) is 7.98. The van der Waals surface area contributed by atoms with E-state index in [-0.39, 0.29) is 31.0 Å². The fourth-order valence-electron chi connectivity index (χ4n) is 5.47. The number of anilines is 1. The summed E-state index contributed by atoms with van der Waals surface area (Å²) in [6.45, 7) is 12.1. The number of benzene rings is 3. The van der Waals surface area contributed by atoms with Gasteiger partial charge in [-0.3, -0.25) is 0 Å². The molecule has 0 amide bonds. The van der Waals surface area contributed by atoms with Gasteiger partial charge in [0.2, 0.25) is 0 Å². The van der Waals surface area contributed by atoms with Gasteiger partial charge in [0.15, 0.2) is 0 Å². The predicted molar refractivity (Wildman–Crippen MR) is 167 cm³/mol. The van der Waals surface area contributed by atoms with Gasteiger partial charge >= 0.3 is 212 Å². The summed E-state index contributed by atoms with van der Waals surface area (Å²) in [6, 6.07) is 17.3. The minimum absolute atomic E-state index is 0.0105. The summed E-state index contributed by atoms with van der Waals surface area (Å²) < 4.78 is 9.68. The molecular weight excluding hydrogens is 563 g/mol. The van der Waals surface area contributed by atoms with Crippen LogP contribution in [0.1, 0.15) is 50.5 Å². The van der Waals surface area contributed by atoms with E-state index in [9.17, 15) is 9.59 Å². The fraction of sp³-hybridized carbons (Fsp3) is 0.235. The van der Waals surface area contributed by atoms with Crippen LogP contribution in [0.3, 0.4) is 0 Å². The topological polar surface area (TPSA) is 78.2 Å². The number of nitrogen functional groups attached to an aromatic ring is 1. The first-order chi connectivity index (χ1) is 19.0. The van der Waals surface area contributed by atoms with Gasteiger partial charge in [-0.15, -0.1) is 6.58 Å². The molecule has 2 N–H and O–H groups in total. The molecule has 40 heavy (non-hydrogen) atoms. The number of hydrogen-bond acceptors (Lipinski definition) is 4. The van der Waals surface area contributed by atoms with Crippen molar-refractivity contribution in [3.8, 4) is 11.8 Å². The number of para-hydroxylation sites is 1. The number of rotatable bonds is 5. The standard InChI is InChI=1S/C34H30N2O3Se/c1-6-33(2,3)17-18-34(4,5)36-31(37)24-15-14-23-22-9-7-8-10-26(22)39-30-20(11-12-21-13-16-27(35)40-21)19-25(32(36)38)28(24)29(23)30/h6-10,13-16,19H,1,17-18,35H2,2-5H3. The van der Waals surface area contributed by atoms with Crippen molar-refractivity contribution in [1.29, 1.82) is 0 Å². The van der Waals surface area contributed by atoms with Crippen molar-refractivity contribution < 1.29 is 4.42 Å². The van der Waals surface area contributed by atoms with Gasteiger partial charge in [-0.2, -0.15) is 0 Å². The van der Waals surface area contributed by atoms with E-state index in [1.54, 1.807) is 6.07 Å². The van der Waals surface area contributed by atoms with Gasteiger partial charge in [-0.25, -0.2) is 0 Å². The molecule has 0 aliphatic carbocycles. The Bertz CT molecular complexity index is 2150. The molecule has 0 radical (unpaired) electrons. The van der Waals surface area contributed by atoms with E-state index >= 15 is 0 Å². The molecule has 3 aromatic carbocycles. The Hall–Kier alpha value is -4.04. The van der Waals surface area contributed by atoms with Gasteiger partial charge in [0.25, 0.3) is 0 Å². The summed E-state index contributed by atoms with van der Waals surface area (Å²) in [7, 11) is 0. The van der Waals surface area contributed by atoms with Crippen molar-refractivity contribution in [2.45, 2.75) is 46.1 Å². The number of aromatic nitrogens is 1. The van der Waals surface area contributed by atoms with E-state index < -0.39 is 5.54 Å². The Morgan fingerprint density at radius 1 is 0.900 bits per heavy atom. The van der Waals surface area contributed by atoms with Crippen LogP contribution in [0.5, 0.6) is 0 Å². The van der Waals surface area contributed by atoms with E-state index in [2.05, 4.69) is 32.3 Å². The fourth-order valence-corrected chi connectivity index (χ4v) is 6.79. The van der Waals surface area contributed by atoms with Crippen LogP contribution in [0.4, 0.5) is 4.56 Å². The van der Waals surface area contributed by atoms with Crippen LogP contribution in [0.25, 0.3) is 43.5 Å². The summed E-state index contributed by atoms with van der Waals surface area (Å²) >= 11 is -0.0105. The van der Waals surface area contributed by atoms with Gasteiger partial charge in [0, 0.05) is 0 Å². The average molecular weight is 594 g/mol. The van der Waals surface area contributed by atoms with Crippen molar-refractivity contribution in [2.75, 3.05) is 5.73 Å². The summed E-state index contributed by atoms with van der Waals surface area (Å²) in [5.74, 6) is 6.54. The van der Waals surface area contributed by atoms with Crippen molar-refractivity contribution >= 4 is 62.5 Å². The number of pyridine rings is 1. The summed E-state index contributed by atoms with van der Waals surface area (Å²) in [4.78, 5) is 28.3. The molecule has 3 aromatic heterocycles. The maximum absolute atomic E-state index is 14.2. The van der Waals surface area contributed by atoms with Gasteiger partial charge in [-0.1, -0.05) is 19.9 Å². The summed E-state index contributed by atoms with van der Waals surface area (Å²) in [5.41, 5.74) is 6.49. The van der Waals surface area contributed by atoms with E-state index in [1.807, 2.05) is 68.5 Å². The summed E-state index contributed by atoms with van der Waals surface area (Å²) in [5, 5.41) is 4.22. The average Bonchev–Trinajstić information content (AvgIpc) is 3.35. The Morgan fingerprint density at radius 2 is 1.62 bits per heavy atom. The first kappa shape index (κ1) is 26.2. The van der Waals surface area contributed by atoms with Crippen LogP contribution in [0, 0.1) is 17.3 Å². The Morgan fingerprint density at radius 3 is 2.35 bits per heavy atom. The molecule has 0 spiro atoms. The van der Waals surface area contributed by atoms with Gasteiger partial charge in [-0.05, 0) is 0 Å². The second kappa shape index (κ2) is 9.27. The van der Waals surface area contributed by atoms with E-state index in [4.69, 9.17) is 10.2 Å². The zero-order valence-corrected chi connectivity index (χ0v) is 24.8. The molecule has 0 saturated carbocycles. The van der Waals surface area contributed by atoms with Crippen LogP contribution in [-0.4, -0.2) is 19.1 Å². The van der Waals surface area contributed by atoms with Crippen LogP contribution >= 0.6 is 0 Å². The Labute approximate surface area is 238 Å². The van der Waals surface area contributed by atoms with Crippen LogP contribution in [0.15, 0.2) is 81.3 Å². The third kappa shape index (κ3) is 4.18. The molecule has 6 rings (SSSR count). The molecule has 0 unspecified atom stereocenters. The Kier molecular flexibility index (Phi) is 6.07. The monoisotopic (exact) mass is 594 g/mol. The molecule has 0 saturated heterocycles. The van der Waals surface area contributed by atoms with E-state index in [0.29, 0.717) is 33.7 Å². The van der Waals surface area contributed by atoms with Crippen molar-refractivity contribution in [3.63, 3.8) is 0 Å². The number of hydrogen-bond donors (Lipinski definition) is 1. The molecule has 0 bridgehead atoms. The van der Waals surface area contributed by atoms with Crippen LogP contribution < -0.4 is 16.9 Å². The molecule has 3 heterocycles. The molecule has 0 atom stereocenters. The zero-order chi connectivity index (χ0) is 28.4. The van der Waals surface area contributed by atoms with Crippen LogP contribution in [0.2, 0.25) is 0 Å². The van der Waals surface area contributed by atoms with Crippen molar-refractivity contribution in [1.82, 2.24) is 4.57 Å². The van der Waals surface area contributed by atoms with Gasteiger partial charge in [0.05, 0.1) is 0 Å². The Balaban J connectivity index is 1.71. The maximum atomic E-state index is 14.2.